The molecule has 1 amide bonds. The highest BCUT2D eigenvalue weighted by atomic mass is 32.1. The van der Waals surface area contributed by atoms with E-state index in [1.54, 1.807) is 0 Å². The van der Waals surface area contributed by atoms with E-state index < -0.39 is 0 Å². The van der Waals surface area contributed by atoms with Crippen molar-refractivity contribution in [2.24, 2.45) is 0 Å². The Morgan fingerprint density at radius 1 is 1.73 bits per heavy atom. The summed E-state index contributed by atoms with van der Waals surface area (Å²) < 4.78 is -0.348. The summed E-state index contributed by atoms with van der Waals surface area (Å²) in [6.07, 6.45) is 0. The minimum atomic E-state index is -0.348. The predicted molar refractivity (Wildman–Crippen MR) is 48.4 cm³/mol. The van der Waals surface area contributed by atoms with Crippen molar-refractivity contribution in [2.45, 2.75) is 31.6 Å². The highest BCUT2D eigenvalue weighted by molar-refractivity contribution is 7.81. The van der Waals surface area contributed by atoms with Crippen LogP contribution in [-0.4, -0.2) is 23.2 Å². The molecule has 0 aliphatic rings. The Labute approximate surface area is 73.1 Å². The van der Waals surface area contributed by atoms with Crippen LogP contribution in [-0.2, 0) is 4.79 Å². The molecular formula is C7H17N2OS+. The fourth-order valence-corrected chi connectivity index (χ4v) is 0.736. The second kappa shape index (κ2) is 3.97. The van der Waals surface area contributed by atoms with Gasteiger partial charge in [-0.05, 0) is 20.8 Å². The molecule has 0 aromatic carbocycles. The second-order valence-corrected chi connectivity index (χ2v) is 4.25. The number of amides is 1. The Bertz CT molecular complexity index is 142. The molecule has 0 aromatic heterocycles. The molecule has 0 radical (unpaired) electrons. The first-order valence-corrected chi connectivity index (χ1v) is 4.17. The molecule has 0 bridgehead atoms. The zero-order valence-electron chi connectivity index (χ0n) is 7.35. The standard InChI is InChI=1S/C7H16N2OS/c1-4-9-6(10)5(8)7(2,3)11/h5,11H,4,8H2,1-3H3,(H,9,10)/p+1. The minimum Gasteiger partial charge on any atom is -0.351 e. The third-order valence-corrected chi connectivity index (χ3v) is 1.83. The minimum absolute atomic E-state index is 0.0347. The molecule has 3 nitrogen and oxygen atoms in total. The van der Waals surface area contributed by atoms with E-state index in [-0.39, 0.29) is 16.7 Å². The average Bonchev–Trinajstić information content (AvgIpc) is 1.85. The number of hydrogen-bond acceptors (Lipinski definition) is 2. The van der Waals surface area contributed by atoms with Gasteiger partial charge in [-0.15, -0.1) is 0 Å². The van der Waals surface area contributed by atoms with Gasteiger partial charge in [-0.2, -0.15) is 12.6 Å². The molecule has 4 N–H and O–H groups in total. The third kappa shape index (κ3) is 3.62. The third-order valence-electron chi connectivity index (χ3n) is 1.52. The summed E-state index contributed by atoms with van der Waals surface area (Å²) in [5.74, 6) is -0.0347. The van der Waals surface area contributed by atoms with Crippen LogP contribution in [0.2, 0.25) is 0 Å². The van der Waals surface area contributed by atoms with Gasteiger partial charge in [0.15, 0.2) is 6.04 Å². The lowest BCUT2D eigenvalue weighted by atomic mass is 10.0. The van der Waals surface area contributed by atoms with Gasteiger partial charge < -0.3 is 11.1 Å². The maximum Gasteiger partial charge on any atom is 0.279 e. The molecular weight excluding hydrogens is 160 g/mol. The van der Waals surface area contributed by atoms with Gasteiger partial charge in [-0.25, -0.2) is 0 Å². The molecule has 0 spiro atoms. The summed E-state index contributed by atoms with van der Waals surface area (Å²) in [5.41, 5.74) is 3.74. The number of likely N-dealkylation sites (N-methyl/N-ethyl adjacent to an activating group) is 1. The van der Waals surface area contributed by atoms with Crippen LogP contribution >= 0.6 is 12.6 Å². The van der Waals surface area contributed by atoms with Gasteiger partial charge in [0.2, 0.25) is 0 Å². The fourth-order valence-electron chi connectivity index (χ4n) is 0.618. The monoisotopic (exact) mass is 177 g/mol. The lowest BCUT2D eigenvalue weighted by molar-refractivity contribution is -0.409. The van der Waals surface area contributed by atoms with Crippen LogP contribution in [0.3, 0.4) is 0 Å². The van der Waals surface area contributed by atoms with Gasteiger partial charge in [0, 0.05) is 6.54 Å². The van der Waals surface area contributed by atoms with E-state index in [4.69, 9.17) is 0 Å². The number of carbonyl (C=O) groups excluding carboxylic acids is 1. The number of quaternary nitrogens is 1. The van der Waals surface area contributed by atoms with Gasteiger partial charge in [-0.3, -0.25) is 4.79 Å². The van der Waals surface area contributed by atoms with E-state index in [0.29, 0.717) is 6.54 Å². The van der Waals surface area contributed by atoms with Crippen LogP contribution < -0.4 is 11.1 Å². The number of carbonyl (C=O) groups is 1. The Balaban J connectivity index is 4.03. The van der Waals surface area contributed by atoms with E-state index in [0.717, 1.165) is 0 Å². The van der Waals surface area contributed by atoms with E-state index in [1.165, 1.54) is 0 Å². The zero-order chi connectivity index (χ0) is 9.07. The Kier molecular flexibility index (Phi) is 3.89. The van der Waals surface area contributed by atoms with Gasteiger partial charge in [0.25, 0.3) is 5.91 Å². The van der Waals surface area contributed by atoms with Crippen molar-refractivity contribution >= 4 is 18.5 Å². The number of thiol groups is 1. The Morgan fingerprint density at radius 3 is 2.45 bits per heavy atom. The quantitative estimate of drug-likeness (QED) is 0.497. The Morgan fingerprint density at radius 2 is 2.18 bits per heavy atom. The van der Waals surface area contributed by atoms with Crippen molar-refractivity contribution < 1.29 is 10.5 Å². The van der Waals surface area contributed by atoms with Crippen LogP contribution in [0.25, 0.3) is 0 Å². The SMILES string of the molecule is CCNC(=O)C([NH3+])C(C)(C)S. The van der Waals surface area contributed by atoms with Crippen LogP contribution in [0.15, 0.2) is 0 Å². The molecule has 0 saturated carbocycles. The average molecular weight is 177 g/mol. The molecule has 11 heavy (non-hydrogen) atoms. The van der Waals surface area contributed by atoms with Gasteiger partial charge in [0.1, 0.15) is 0 Å². The molecule has 1 atom stereocenters. The van der Waals surface area contributed by atoms with Gasteiger partial charge in [0.05, 0.1) is 4.75 Å². The molecule has 0 fully saturated rings. The van der Waals surface area contributed by atoms with Gasteiger partial charge in [-0.1, -0.05) is 0 Å². The highest BCUT2D eigenvalue weighted by Crippen LogP contribution is 2.14. The first-order chi connectivity index (χ1) is 4.89. The van der Waals surface area contributed by atoms with E-state index >= 15 is 0 Å². The second-order valence-electron chi connectivity index (χ2n) is 3.10. The van der Waals surface area contributed by atoms with Crippen molar-refractivity contribution in [3.8, 4) is 0 Å². The van der Waals surface area contributed by atoms with Crippen molar-refractivity contribution in [3.63, 3.8) is 0 Å². The van der Waals surface area contributed by atoms with Crippen molar-refractivity contribution in [3.05, 3.63) is 0 Å². The van der Waals surface area contributed by atoms with Crippen LogP contribution in [0.4, 0.5) is 0 Å². The lowest BCUT2D eigenvalue weighted by Gasteiger charge is -2.21. The molecule has 66 valence electrons. The molecule has 0 saturated heterocycles. The first kappa shape index (κ1) is 10.8. The largest absolute Gasteiger partial charge is 0.351 e. The summed E-state index contributed by atoms with van der Waals surface area (Å²) in [5, 5.41) is 2.70. The summed E-state index contributed by atoms with van der Waals surface area (Å²) >= 11 is 4.26. The van der Waals surface area contributed by atoms with Gasteiger partial charge >= 0.3 is 0 Å². The summed E-state index contributed by atoms with van der Waals surface area (Å²) in [6.45, 7) is 6.29. The first-order valence-electron chi connectivity index (χ1n) is 3.72. The normalized spacial score (nSPS) is 14.3. The smallest absolute Gasteiger partial charge is 0.279 e. The molecule has 0 aliphatic carbocycles. The number of hydrogen-bond donors (Lipinski definition) is 3. The fraction of sp³-hybridized carbons (Fsp3) is 0.857. The molecule has 0 aromatic rings. The number of rotatable bonds is 3. The topological polar surface area (TPSA) is 56.7 Å². The summed E-state index contributed by atoms with van der Waals surface area (Å²) in [6, 6.07) is -0.300. The van der Waals surface area contributed by atoms with Crippen LogP contribution in [0.1, 0.15) is 20.8 Å². The zero-order valence-corrected chi connectivity index (χ0v) is 8.24. The maximum atomic E-state index is 11.2. The van der Waals surface area contributed by atoms with Crippen LogP contribution in [0.5, 0.6) is 0 Å². The highest BCUT2D eigenvalue weighted by Gasteiger charge is 2.31. The molecule has 0 heterocycles. The number of nitrogens with one attached hydrogen (secondary N) is 1. The molecule has 1 unspecified atom stereocenters. The van der Waals surface area contributed by atoms with Crippen molar-refractivity contribution in [1.82, 2.24) is 5.32 Å². The molecule has 0 aliphatic heterocycles. The van der Waals surface area contributed by atoms with E-state index in [2.05, 4.69) is 23.7 Å². The molecule has 4 heteroatoms. The summed E-state index contributed by atoms with van der Waals surface area (Å²) in [4.78, 5) is 11.2. The lowest BCUT2D eigenvalue weighted by Crippen LogP contribution is -2.74. The summed E-state index contributed by atoms with van der Waals surface area (Å²) in [7, 11) is 0. The maximum absolute atomic E-state index is 11.2. The van der Waals surface area contributed by atoms with Crippen molar-refractivity contribution in [2.75, 3.05) is 6.54 Å². The molecule has 0 rings (SSSR count). The van der Waals surface area contributed by atoms with E-state index in [9.17, 15) is 4.79 Å². The Hall–Kier alpha value is -0.220. The predicted octanol–water partition coefficient (Wildman–Crippen LogP) is -0.559. The van der Waals surface area contributed by atoms with Crippen LogP contribution in [0, 0.1) is 0 Å². The van der Waals surface area contributed by atoms with Crippen molar-refractivity contribution in [1.29, 1.82) is 0 Å². The van der Waals surface area contributed by atoms with E-state index in [1.807, 2.05) is 20.8 Å².